The van der Waals surface area contributed by atoms with Crippen LogP contribution in [0.1, 0.15) is 32.6 Å². The van der Waals surface area contributed by atoms with Crippen molar-refractivity contribution in [3.63, 3.8) is 0 Å². The van der Waals surface area contributed by atoms with Gasteiger partial charge in [-0.15, -0.1) is 0 Å². The van der Waals surface area contributed by atoms with E-state index in [9.17, 15) is 4.79 Å². The van der Waals surface area contributed by atoms with E-state index in [0.717, 1.165) is 25.3 Å². The van der Waals surface area contributed by atoms with E-state index in [1.165, 1.54) is 12.8 Å². The molecule has 4 nitrogen and oxygen atoms in total. The van der Waals surface area contributed by atoms with Crippen molar-refractivity contribution in [2.75, 3.05) is 26.2 Å². The number of rotatable bonds is 9. The number of carbonyl (C=O) groups is 1. The molecule has 0 radical (unpaired) electrons. The fraction of sp³-hybridized carbons (Fsp3) is 0.917. The minimum atomic E-state index is 0.0667. The molecule has 3 N–H and O–H groups in total. The highest BCUT2D eigenvalue weighted by molar-refractivity contribution is 5.77. The van der Waals surface area contributed by atoms with Crippen LogP contribution in [-0.4, -0.2) is 37.3 Å². The van der Waals surface area contributed by atoms with Crippen molar-refractivity contribution in [1.29, 1.82) is 0 Å². The number of hydrogen-bond acceptors (Lipinski definition) is 3. The first-order valence-corrected chi connectivity index (χ1v) is 6.34. The Morgan fingerprint density at radius 1 is 1.50 bits per heavy atom. The van der Waals surface area contributed by atoms with Gasteiger partial charge in [-0.3, -0.25) is 4.79 Å². The summed E-state index contributed by atoms with van der Waals surface area (Å²) in [5, 5.41) is 14.9. The van der Waals surface area contributed by atoms with Gasteiger partial charge in [-0.25, -0.2) is 0 Å². The van der Waals surface area contributed by atoms with Crippen molar-refractivity contribution in [3.05, 3.63) is 0 Å². The highest BCUT2D eigenvalue weighted by atomic mass is 16.3. The van der Waals surface area contributed by atoms with Gasteiger partial charge >= 0.3 is 0 Å². The second-order valence-corrected chi connectivity index (χ2v) is 4.66. The van der Waals surface area contributed by atoms with Gasteiger partial charge in [0.25, 0.3) is 0 Å². The SMILES string of the molecule is CCC(CCO)CNC(=O)CNCC1CC1. The van der Waals surface area contributed by atoms with Gasteiger partial charge in [0, 0.05) is 13.2 Å². The van der Waals surface area contributed by atoms with E-state index in [-0.39, 0.29) is 12.5 Å². The molecule has 0 aliphatic heterocycles. The highest BCUT2D eigenvalue weighted by Gasteiger charge is 2.20. The zero-order valence-corrected chi connectivity index (χ0v) is 10.2. The zero-order chi connectivity index (χ0) is 11.8. The molecule has 1 aliphatic rings. The van der Waals surface area contributed by atoms with Crippen LogP contribution >= 0.6 is 0 Å². The van der Waals surface area contributed by atoms with Gasteiger partial charge in [0.1, 0.15) is 0 Å². The Bertz CT molecular complexity index is 205. The third-order valence-electron chi connectivity index (χ3n) is 3.12. The van der Waals surface area contributed by atoms with Crippen LogP contribution in [0.15, 0.2) is 0 Å². The highest BCUT2D eigenvalue weighted by Crippen LogP contribution is 2.27. The zero-order valence-electron chi connectivity index (χ0n) is 10.2. The minimum absolute atomic E-state index is 0.0667. The van der Waals surface area contributed by atoms with Crippen molar-refractivity contribution in [3.8, 4) is 0 Å². The Balaban J connectivity index is 1.98. The number of nitrogens with one attached hydrogen (secondary N) is 2. The second kappa shape index (κ2) is 7.63. The van der Waals surface area contributed by atoms with E-state index in [0.29, 0.717) is 19.0 Å². The fourth-order valence-electron chi connectivity index (χ4n) is 1.67. The molecule has 0 aromatic rings. The van der Waals surface area contributed by atoms with Gasteiger partial charge in [-0.1, -0.05) is 13.3 Å². The molecule has 0 bridgehead atoms. The number of hydrogen-bond donors (Lipinski definition) is 3. The Kier molecular flexibility index (Phi) is 6.42. The third kappa shape index (κ3) is 6.08. The average molecular weight is 228 g/mol. The molecule has 0 saturated heterocycles. The molecule has 94 valence electrons. The van der Waals surface area contributed by atoms with E-state index < -0.39 is 0 Å². The topological polar surface area (TPSA) is 61.4 Å². The minimum Gasteiger partial charge on any atom is -0.396 e. The van der Waals surface area contributed by atoms with Crippen LogP contribution in [-0.2, 0) is 4.79 Å². The van der Waals surface area contributed by atoms with Crippen molar-refractivity contribution in [1.82, 2.24) is 10.6 Å². The lowest BCUT2D eigenvalue weighted by Gasteiger charge is -2.14. The maximum atomic E-state index is 11.4. The Labute approximate surface area is 97.8 Å². The van der Waals surface area contributed by atoms with Crippen molar-refractivity contribution >= 4 is 5.91 Å². The number of amides is 1. The normalized spacial score (nSPS) is 17.1. The van der Waals surface area contributed by atoms with E-state index in [4.69, 9.17) is 5.11 Å². The van der Waals surface area contributed by atoms with Gasteiger partial charge in [0.2, 0.25) is 5.91 Å². The quantitative estimate of drug-likeness (QED) is 0.539. The Morgan fingerprint density at radius 2 is 2.25 bits per heavy atom. The van der Waals surface area contributed by atoms with Crippen molar-refractivity contribution < 1.29 is 9.90 Å². The fourth-order valence-corrected chi connectivity index (χ4v) is 1.67. The lowest BCUT2D eigenvalue weighted by molar-refractivity contribution is -0.120. The first kappa shape index (κ1) is 13.5. The Hall–Kier alpha value is -0.610. The van der Waals surface area contributed by atoms with Gasteiger partial charge in [0.15, 0.2) is 0 Å². The maximum absolute atomic E-state index is 11.4. The molecule has 0 heterocycles. The second-order valence-electron chi connectivity index (χ2n) is 4.66. The number of aliphatic hydroxyl groups excluding tert-OH is 1. The summed E-state index contributed by atoms with van der Waals surface area (Å²) in [4.78, 5) is 11.4. The summed E-state index contributed by atoms with van der Waals surface area (Å²) in [7, 11) is 0. The molecule has 1 fully saturated rings. The summed E-state index contributed by atoms with van der Waals surface area (Å²) in [5.41, 5.74) is 0. The lowest BCUT2D eigenvalue weighted by atomic mass is 10.0. The maximum Gasteiger partial charge on any atom is 0.233 e. The van der Waals surface area contributed by atoms with Gasteiger partial charge in [0.05, 0.1) is 6.54 Å². The van der Waals surface area contributed by atoms with Crippen LogP contribution < -0.4 is 10.6 Å². The van der Waals surface area contributed by atoms with Crippen LogP contribution in [0, 0.1) is 11.8 Å². The summed E-state index contributed by atoms with van der Waals surface area (Å²) in [6.45, 7) is 4.36. The molecule has 1 saturated carbocycles. The van der Waals surface area contributed by atoms with Crippen molar-refractivity contribution in [2.24, 2.45) is 11.8 Å². The van der Waals surface area contributed by atoms with Gasteiger partial charge < -0.3 is 15.7 Å². The first-order chi connectivity index (χ1) is 7.76. The molecule has 4 heteroatoms. The van der Waals surface area contributed by atoms with E-state index in [1.54, 1.807) is 0 Å². The number of carbonyl (C=O) groups excluding carboxylic acids is 1. The van der Waals surface area contributed by atoms with E-state index in [1.807, 2.05) is 0 Å². The monoisotopic (exact) mass is 228 g/mol. The summed E-state index contributed by atoms with van der Waals surface area (Å²) in [5.74, 6) is 1.28. The van der Waals surface area contributed by atoms with Crippen LogP contribution in [0.2, 0.25) is 0 Å². The predicted octanol–water partition coefficient (Wildman–Crippen LogP) is 0.511. The summed E-state index contributed by atoms with van der Waals surface area (Å²) in [6.07, 6.45) is 4.38. The number of aliphatic hydroxyl groups is 1. The average Bonchev–Trinajstić information content (AvgIpc) is 3.08. The van der Waals surface area contributed by atoms with Gasteiger partial charge in [-0.2, -0.15) is 0 Å². The van der Waals surface area contributed by atoms with Crippen LogP contribution in [0.5, 0.6) is 0 Å². The molecular formula is C12H24N2O2. The molecule has 1 atom stereocenters. The standard InChI is InChI=1S/C12H24N2O2/c1-2-10(5-6-15)8-14-12(16)9-13-7-11-3-4-11/h10-11,13,15H,2-9H2,1H3,(H,14,16). The van der Waals surface area contributed by atoms with E-state index >= 15 is 0 Å². The van der Waals surface area contributed by atoms with Gasteiger partial charge in [-0.05, 0) is 37.6 Å². The third-order valence-corrected chi connectivity index (χ3v) is 3.12. The molecule has 0 aromatic heterocycles. The molecule has 16 heavy (non-hydrogen) atoms. The molecule has 1 amide bonds. The van der Waals surface area contributed by atoms with E-state index in [2.05, 4.69) is 17.6 Å². The summed E-state index contributed by atoms with van der Waals surface area (Å²) >= 11 is 0. The van der Waals surface area contributed by atoms with Crippen LogP contribution in [0.3, 0.4) is 0 Å². The Morgan fingerprint density at radius 3 is 2.81 bits per heavy atom. The molecule has 1 unspecified atom stereocenters. The lowest BCUT2D eigenvalue weighted by Crippen LogP contribution is -2.37. The predicted molar refractivity (Wildman–Crippen MR) is 64.1 cm³/mol. The van der Waals surface area contributed by atoms with Crippen LogP contribution in [0.4, 0.5) is 0 Å². The molecule has 0 spiro atoms. The smallest absolute Gasteiger partial charge is 0.233 e. The largest absolute Gasteiger partial charge is 0.396 e. The summed E-state index contributed by atoms with van der Waals surface area (Å²) in [6, 6.07) is 0. The molecule has 1 rings (SSSR count). The molecule has 0 aromatic carbocycles. The summed E-state index contributed by atoms with van der Waals surface area (Å²) < 4.78 is 0. The van der Waals surface area contributed by atoms with Crippen molar-refractivity contribution in [2.45, 2.75) is 32.6 Å². The molecule has 1 aliphatic carbocycles. The first-order valence-electron chi connectivity index (χ1n) is 6.34. The van der Waals surface area contributed by atoms with Crippen LogP contribution in [0.25, 0.3) is 0 Å². The molecular weight excluding hydrogens is 204 g/mol.